The number of unbranched alkanes of at least 4 members (excludes halogenated alkanes) is 1. The van der Waals surface area contributed by atoms with E-state index in [0.717, 1.165) is 28.2 Å². The highest BCUT2D eigenvalue weighted by Gasteiger charge is 2.08. The number of anilines is 1. The van der Waals surface area contributed by atoms with E-state index in [1.54, 1.807) is 6.07 Å². The number of hydrogen-bond donors (Lipinski definition) is 3. The maximum atomic E-state index is 8.79. The summed E-state index contributed by atoms with van der Waals surface area (Å²) in [6, 6.07) is 5.78. The van der Waals surface area contributed by atoms with Crippen LogP contribution in [0.4, 0.5) is 5.69 Å². The van der Waals surface area contributed by atoms with Crippen LogP contribution in [0.25, 0.3) is 0 Å². The highest BCUT2D eigenvalue weighted by atomic mass is 79.9. The number of nitrogens with one attached hydrogen (secondary N) is 2. The van der Waals surface area contributed by atoms with Crippen molar-refractivity contribution in [1.29, 1.82) is 10.7 Å². The van der Waals surface area contributed by atoms with Gasteiger partial charge in [0.05, 0.1) is 5.69 Å². The lowest BCUT2D eigenvalue weighted by atomic mass is 10.1. The minimum absolute atomic E-state index is 0.154. The van der Waals surface area contributed by atoms with E-state index in [1.165, 1.54) is 5.56 Å². The van der Waals surface area contributed by atoms with Gasteiger partial charge in [0.25, 0.3) is 0 Å². The van der Waals surface area contributed by atoms with Gasteiger partial charge in [-0.3, -0.25) is 10.8 Å². The summed E-state index contributed by atoms with van der Waals surface area (Å²) in [6.07, 6.45) is 3.28. The monoisotopic (exact) mass is 399 g/mol. The molecular weight excluding hydrogens is 386 g/mol. The van der Waals surface area contributed by atoms with Gasteiger partial charge in [-0.1, -0.05) is 13.3 Å². The molecule has 1 aromatic carbocycles. The summed E-state index contributed by atoms with van der Waals surface area (Å²) >= 11 is 6.94. The van der Waals surface area contributed by atoms with Crippen LogP contribution in [0.5, 0.6) is 0 Å². The molecule has 0 saturated heterocycles. The molecule has 5 nitrogen and oxygen atoms in total. The van der Waals surface area contributed by atoms with Crippen molar-refractivity contribution >= 4 is 49.1 Å². The van der Waals surface area contributed by atoms with Crippen LogP contribution in [0.1, 0.15) is 25.3 Å². The predicted molar refractivity (Wildman–Crippen MR) is 89.0 cm³/mol. The van der Waals surface area contributed by atoms with Gasteiger partial charge in [0.15, 0.2) is 5.84 Å². The second-order valence-corrected chi connectivity index (χ2v) is 5.84. The molecule has 1 aromatic rings. The molecule has 0 radical (unpaired) electrons. The zero-order chi connectivity index (χ0) is 15.1. The van der Waals surface area contributed by atoms with Gasteiger partial charge in [0, 0.05) is 8.95 Å². The van der Waals surface area contributed by atoms with Crippen LogP contribution in [0.2, 0.25) is 0 Å². The van der Waals surface area contributed by atoms with Crippen molar-refractivity contribution in [3.63, 3.8) is 0 Å². The number of rotatable bonds is 6. The summed E-state index contributed by atoms with van der Waals surface area (Å²) in [7, 11) is 0. The normalized spacial score (nSPS) is 11.0. The van der Waals surface area contributed by atoms with Crippen molar-refractivity contribution in [2.45, 2.75) is 26.2 Å². The first-order valence-electron chi connectivity index (χ1n) is 6.05. The molecular formula is C13H15Br2N5. The molecule has 0 aromatic heterocycles. The van der Waals surface area contributed by atoms with Gasteiger partial charge in [-0.15, -0.1) is 0 Å². The van der Waals surface area contributed by atoms with Crippen molar-refractivity contribution < 1.29 is 0 Å². The fourth-order valence-corrected chi connectivity index (χ4v) is 2.97. The van der Waals surface area contributed by atoms with Gasteiger partial charge in [-0.05, 0) is 62.4 Å². The molecule has 0 atom stereocenters. The predicted octanol–water partition coefficient (Wildman–Crippen LogP) is 3.78. The average molecular weight is 401 g/mol. The second-order valence-electron chi connectivity index (χ2n) is 4.14. The van der Waals surface area contributed by atoms with Crippen LogP contribution in [-0.4, -0.2) is 11.5 Å². The molecule has 0 aliphatic heterocycles. The van der Waals surface area contributed by atoms with Crippen LogP contribution in [0.15, 0.2) is 26.2 Å². The lowest BCUT2D eigenvalue weighted by molar-refractivity contribution is 0.794. The zero-order valence-electron chi connectivity index (χ0n) is 11.0. The summed E-state index contributed by atoms with van der Waals surface area (Å²) in [5, 5.41) is 19.8. The maximum absolute atomic E-state index is 8.79. The van der Waals surface area contributed by atoms with E-state index in [2.05, 4.69) is 49.3 Å². The number of nitrogens with zero attached hydrogens (tertiary/aromatic N) is 2. The van der Waals surface area contributed by atoms with Gasteiger partial charge in [0.1, 0.15) is 6.07 Å². The number of hydrogen-bond acceptors (Lipinski definition) is 4. The minimum atomic E-state index is -0.369. The third-order valence-electron chi connectivity index (χ3n) is 2.56. The van der Waals surface area contributed by atoms with Crippen molar-refractivity contribution in [3.05, 3.63) is 26.6 Å². The van der Waals surface area contributed by atoms with E-state index in [-0.39, 0.29) is 11.5 Å². The molecule has 0 saturated carbocycles. The lowest BCUT2D eigenvalue weighted by Gasteiger charge is -2.10. The molecule has 0 bridgehead atoms. The molecule has 0 aliphatic rings. The summed E-state index contributed by atoms with van der Waals surface area (Å²) in [4.78, 5) is 0. The first-order valence-corrected chi connectivity index (χ1v) is 7.64. The Bertz CT molecular complexity index is 552. The largest absolute Gasteiger partial charge is 0.382 e. The van der Waals surface area contributed by atoms with Gasteiger partial charge >= 0.3 is 0 Å². The Hall–Kier alpha value is -1.39. The third kappa shape index (κ3) is 4.62. The minimum Gasteiger partial charge on any atom is -0.382 e. The number of aryl methyl sites for hydroxylation is 1. The summed E-state index contributed by atoms with van der Waals surface area (Å²) < 4.78 is 1.67. The van der Waals surface area contributed by atoms with Crippen molar-refractivity contribution in [3.8, 4) is 6.07 Å². The molecule has 0 spiro atoms. The quantitative estimate of drug-likeness (QED) is 0.385. The Morgan fingerprint density at radius 1 is 1.45 bits per heavy atom. The fourth-order valence-electron chi connectivity index (χ4n) is 1.51. The molecule has 0 aliphatic carbocycles. The van der Waals surface area contributed by atoms with Crippen LogP contribution < -0.4 is 11.2 Å². The standard InChI is InChI=1S/C13H15Br2N5/c1-2-3-4-8-5-9(14)12(10(15)6-8)20-19-11(7-16)13(17)18/h5-6,20H,2-4H2,1H3,(H3,17,18)/b19-11+. The van der Waals surface area contributed by atoms with E-state index in [4.69, 9.17) is 16.4 Å². The Labute approximate surface area is 135 Å². The molecule has 4 N–H and O–H groups in total. The van der Waals surface area contributed by atoms with E-state index < -0.39 is 0 Å². The van der Waals surface area contributed by atoms with Crippen molar-refractivity contribution in [2.24, 2.45) is 10.8 Å². The Kier molecular flexibility index (Phi) is 6.68. The highest BCUT2D eigenvalue weighted by Crippen LogP contribution is 2.33. The molecule has 1 rings (SSSR count). The van der Waals surface area contributed by atoms with Crippen LogP contribution in [0.3, 0.4) is 0 Å². The zero-order valence-corrected chi connectivity index (χ0v) is 14.2. The van der Waals surface area contributed by atoms with E-state index >= 15 is 0 Å². The van der Waals surface area contributed by atoms with Crippen LogP contribution >= 0.6 is 31.9 Å². The molecule has 7 heteroatoms. The molecule has 0 amide bonds. The van der Waals surface area contributed by atoms with E-state index in [1.807, 2.05) is 12.1 Å². The molecule has 106 valence electrons. The number of halogens is 2. The van der Waals surface area contributed by atoms with Gasteiger partial charge in [0.2, 0.25) is 5.71 Å². The summed E-state index contributed by atoms with van der Waals surface area (Å²) in [6.45, 7) is 2.15. The van der Waals surface area contributed by atoms with E-state index in [0.29, 0.717) is 5.69 Å². The molecule has 0 fully saturated rings. The number of nitriles is 1. The van der Waals surface area contributed by atoms with Crippen molar-refractivity contribution in [2.75, 3.05) is 5.43 Å². The third-order valence-corrected chi connectivity index (χ3v) is 3.81. The van der Waals surface area contributed by atoms with Gasteiger partial charge < -0.3 is 5.73 Å². The lowest BCUT2D eigenvalue weighted by Crippen LogP contribution is -2.22. The second kappa shape index (κ2) is 8.02. The Balaban J connectivity index is 2.97. The Morgan fingerprint density at radius 3 is 2.50 bits per heavy atom. The fraction of sp³-hybridized carbons (Fsp3) is 0.308. The SMILES string of the molecule is CCCCc1cc(Br)c(N/N=C(\C#N)C(=N)N)c(Br)c1. The smallest absolute Gasteiger partial charge is 0.201 e. The molecule has 20 heavy (non-hydrogen) atoms. The number of hydrazone groups is 1. The summed E-state index contributed by atoms with van der Waals surface area (Å²) in [5.41, 5.74) is 9.74. The molecule has 0 unspecified atom stereocenters. The first-order chi connectivity index (χ1) is 9.49. The first kappa shape index (κ1) is 16.7. The van der Waals surface area contributed by atoms with Gasteiger partial charge in [-0.25, -0.2) is 0 Å². The van der Waals surface area contributed by atoms with Crippen LogP contribution in [0, 0.1) is 16.7 Å². The van der Waals surface area contributed by atoms with Crippen molar-refractivity contribution in [1.82, 2.24) is 0 Å². The highest BCUT2D eigenvalue weighted by molar-refractivity contribution is 9.11. The van der Waals surface area contributed by atoms with E-state index in [9.17, 15) is 0 Å². The number of amidine groups is 1. The number of nitrogens with two attached hydrogens (primary N) is 1. The average Bonchev–Trinajstić information content (AvgIpc) is 2.39. The maximum Gasteiger partial charge on any atom is 0.201 e. The topological polar surface area (TPSA) is 98.0 Å². The summed E-state index contributed by atoms with van der Waals surface area (Å²) in [5.74, 6) is -0.369. The van der Waals surface area contributed by atoms with Crippen LogP contribution in [-0.2, 0) is 6.42 Å². The Morgan fingerprint density at radius 2 is 2.05 bits per heavy atom. The molecule has 0 heterocycles. The number of benzene rings is 1. The van der Waals surface area contributed by atoms with Gasteiger partial charge in [-0.2, -0.15) is 10.4 Å².